The van der Waals surface area contributed by atoms with E-state index in [2.05, 4.69) is 10.3 Å². The van der Waals surface area contributed by atoms with Crippen molar-refractivity contribution in [2.75, 3.05) is 5.32 Å². The van der Waals surface area contributed by atoms with Crippen LogP contribution in [0.1, 0.15) is 6.92 Å². The molecule has 3 N–H and O–H groups in total. The number of hydrogen-bond acceptors (Lipinski definition) is 3. The zero-order valence-corrected chi connectivity index (χ0v) is 7.07. The molecule has 0 spiro atoms. The summed E-state index contributed by atoms with van der Waals surface area (Å²) in [5, 5.41) is 11.1. The molecule has 0 aliphatic rings. The molecule has 1 heterocycles. The van der Waals surface area contributed by atoms with Gasteiger partial charge in [-0.15, -0.1) is 0 Å². The topological polar surface area (TPSA) is 82.2 Å². The highest BCUT2D eigenvalue weighted by Gasteiger charge is 2.09. The van der Waals surface area contributed by atoms with E-state index in [0.717, 1.165) is 0 Å². The van der Waals surface area contributed by atoms with Gasteiger partial charge in [-0.3, -0.25) is 9.59 Å². The molecule has 1 aromatic heterocycles. The van der Waals surface area contributed by atoms with Crippen LogP contribution in [0.5, 0.6) is 0 Å². The molecular formula is C8H10N2O3. The Hall–Kier alpha value is -1.62. The third kappa shape index (κ3) is 2.41. The SMILES string of the molecule is C[C@H](O)C(=O)Nc1c[nH]ccc1=O. The van der Waals surface area contributed by atoms with E-state index in [1.54, 1.807) is 0 Å². The zero-order chi connectivity index (χ0) is 9.84. The van der Waals surface area contributed by atoms with E-state index in [1.165, 1.54) is 25.4 Å². The van der Waals surface area contributed by atoms with Gasteiger partial charge in [-0.2, -0.15) is 0 Å². The lowest BCUT2D eigenvalue weighted by Crippen LogP contribution is -2.27. The lowest BCUT2D eigenvalue weighted by Gasteiger charge is -2.04. The van der Waals surface area contributed by atoms with Crippen LogP contribution in [0.25, 0.3) is 0 Å². The summed E-state index contributed by atoms with van der Waals surface area (Å²) in [6.45, 7) is 1.33. The third-order valence-electron chi connectivity index (χ3n) is 1.46. The number of aromatic amines is 1. The van der Waals surface area contributed by atoms with Crippen molar-refractivity contribution in [3.05, 3.63) is 28.7 Å². The van der Waals surface area contributed by atoms with Gasteiger partial charge in [-0.05, 0) is 6.92 Å². The van der Waals surface area contributed by atoms with Crippen LogP contribution in [-0.4, -0.2) is 22.1 Å². The highest BCUT2D eigenvalue weighted by molar-refractivity contribution is 5.93. The number of aliphatic hydroxyl groups is 1. The number of H-pyrrole nitrogens is 1. The van der Waals surface area contributed by atoms with Gasteiger partial charge in [0.05, 0.1) is 0 Å². The Morgan fingerprint density at radius 3 is 2.92 bits per heavy atom. The van der Waals surface area contributed by atoms with Crippen molar-refractivity contribution in [1.29, 1.82) is 0 Å². The van der Waals surface area contributed by atoms with Crippen molar-refractivity contribution >= 4 is 11.6 Å². The van der Waals surface area contributed by atoms with E-state index < -0.39 is 12.0 Å². The molecule has 1 atom stereocenters. The molecule has 70 valence electrons. The second-order valence-corrected chi connectivity index (χ2v) is 2.59. The molecule has 0 aliphatic carbocycles. The standard InChI is InChI=1S/C8H10N2O3/c1-5(11)8(13)10-6-4-9-3-2-7(6)12/h2-5,11H,1H3,(H,9,12)(H,10,13)/t5-/m0/s1. The summed E-state index contributed by atoms with van der Waals surface area (Å²) < 4.78 is 0. The molecule has 0 saturated carbocycles. The second-order valence-electron chi connectivity index (χ2n) is 2.59. The fraction of sp³-hybridized carbons (Fsp3) is 0.250. The molecule has 0 saturated heterocycles. The van der Waals surface area contributed by atoms with E-state index in [9.17, 15) is 9.59 Å². The van der Waals surface area contributed by atoms with E-state index in [1.807, 2.05) is 0 Å². The number of amides is 1. The summed E-state index contributed by atoms with van der Waals surface area (Å²) in [7, 11) is 0. The van der Waals surface area contributed by atoms with E-state index in [4.69, 9.17) is 5.11 Å². The normalized spacial score (nSPS) is 12.2. The van der Waals surface area contributed by atoms with Crippen molar-refractivity contribution in [1.82, 2.24) is 4.98 Å². The zero-order valence-electron chi connectivity index (χ0n) is 7.07. The molecule has 0 radical (unpaired) electrons. The summed E-state index contributed by atoms with van der Waals surface area (Å²) in [6, 6.07) is 1.29. The van der Waals surface area contributed by atoms with Crippen molar-refractivity contribution in [3.8, 4) is 0 Å². The van der Waals surface area contributed by atoms with Gasteiger partial charge < -0.3 is 15.4 Å². The van der Waals surface area contributed by atoms with Gasteiger partial charge in [0.1, 0.15) is 11.8 Å². The maximum absolute atomic E-state index is 11.1. The van der Waals surface area contributed by atoms with Gasteiger partial charge in [-0.25, -0.2) is 0 Å². The largest absolute Gasteiger partial charge is 0.384 e. The number of carbonyl (C=O) groups is 1. The summed E-state index contributed by atoms with van der Waals surface area (Å²) >= 11 is 0. The summed E-state index contributed by atoms with van der Waals surface area (Å²) in [5.74, 6) is -0.600. The van der Waals surface area contributed by atoms with Gasteiger partial charge in [0, 0.05) is 18.5 Å². The number of carbonyl (C=O) groups excluding carboxylic acids is 1. The second kappa shape index (κ2) is 3.86. The van der Waals surface area contributed by atoms with Gasteiger partial charge >= 0.3 is 0 Å². The summed E-state index contributed by atoms with van der Waals surface area (Å²) in [5.41, 5.74) is -0.166. The molecule has 1 aromatic rings. The van der Waals surface area contributed by atoms with Crippen LogP contribution < -0.4 is 10.7 Å². The molecule has 1 rings (SSSR count). The Morgan fingerprint density at radius 2 is 2.38 bits per heavy atom. The fourth-order valence-electron chi connectivity index (χ4n) is 0.751. The first-order valence-electron chi connectivity index (χ1n) is 3.77. The molecule has 0 fully saturated rings. The maximum atomic E-state index is 11.1. The molecule has 0 unspecified atom stereocenters. The van der Waals surface area contributed by atoms with E-state index in [0.29, 0.717) is 0 Å². The van der Waals surface area contributed by atoms with Crippen molar-refractivity contribution in [3.63, 3.8) is 0 Å². The van der Waals surface area contributed by atoms with Crippen LogP contribution in [0.2, 0.25) is 0 Å². The number of rotatable bonds is 2. The first-order valence-corrected chi connectivity index (χ1v) is 3.77. The van der Waals surface area contributed by atoms with Crippen molar-refractivity contribution < 1.29 is 9.90 Å². The minimum atomic E-state index is -1.13. The Labute approximate surface area is 74.4 Å². The minimum Gasteiger partial charge on any atom is -0.384 e. The van der Waals surface area contributed by atoms with Crippen LogP contribution in [0, 0.1) is 0 Å². The van der Waals surface area contributed by atoms with Gasteiger partial charge in [0.25, 0.3) is 5.91 Å². The molecule has 0 aliphatic heterocycles. The average Bonchev–Trinajstić information content (AvgIpc) is 2.08. The van der Waals surface area contributed by atoms with Crippen LogP contribution >= 0.6 is 0 Å². The highest BCUT2D eigenvalue weighted by Crippen LogP contribution is 1.96. The Balaban J connectivity index is 2.81. The number of nitrogens with one attached hydrogen (secondary N) is 2. The molecule has 5 nitrogen and oxygen atoms in total. The van der Waals surface area contributed by atoms with E-state index in [-0.39, 0.29) is 11.1 Å². The van der Waals surface area contributed by atoms with Crippen LogP contribution in [0.15, 0.2) is 23.3 Å². The molecule has 0 bridgehead atoms. The van der Waals surface area contributed by atoms with Crippen LogP contribution in [-0.2, 0) is 4.79 Å². The summed E-state index contributed by atoms with van der Waals surface area (Å²) in [6.07, 6.45) is 1.70. The Kier molecular flexibility index (Phi) is 2.81. The lowest BCUT2D eigenvalue weighted by atomic mass is 10.3. The summed E-state index contributed by atoms with van der Waals surface area (Å²) in [4.78, 5) is 24.7. The van der Waals surface area contributed by atoms with Crippen LogP contribution in [0.4, 0.5) is 5.69 Å². The number of aliphatic hydroxyl groups excluding tert-OH is 1. The predicted octanol–water partition coefficient (Wildman–Crippen LogP) is -0.306. The van der Waals surface area contributed by atoms with Gasteiger partial charge in [0.2, 0.25) is 5.43 Å². The van der Waals surface area contributed by atoms with Gasteiger partial charge in [-0.1, -0.05) is 0 Å². The quantitative estimate of drug-likeness (QED) is 0.587. The van der Waals surface area contributed by atoms with Crippen molar-refractivity contribution in [2.24, 2.45) is 0 Å². The molecule has 0 aromatic carbocycles. The lowest BCUT2D eigenvalue weighted by molar-refractivity contribution is -0.123. The number of hydrogen-bond donors (Lipinski definition) is 3. The Bertz CT molecular complexity index is 356. The molecule has 1 amide bonds. The third-order valence-corrected chi connectivity index (χ3v) is 1.46. The number of anilines is 1. The van der Waals surface area contributed by atoms with Gasteiger partial charge in [0.15, 0.2) is 0 Å². The molecular weight excluding hydrogens is 172 g/mol. The Morgan fingerprint density at radius 1 is 1.69 bits per heavy atom. The van der Waals surface area contributed by atoms with Crippen LogP contribution in [0.3, 0.4) is 0 Å². The average molecular weight is 182 g/mol. The fourth-order valence-corrected chi connectivity index (χ4v) is 0.751. The predicted molar refractivity (Wildman–Crippen MR) is 47.4 cm³/mol. The minimum absolute atomic E-state index is 0.133. The first kappa shape index (κ1) is 9.47. The molecule has 13 heavy (non-hydrogen) atoms. The first-order chi connectivity index (χ1) is 6.11. The number of pyridine rings is 1. The maximum Gasteiger partial charge on any atom is 0.253 e. The highest BCUT2D eigenvalue weighted by atomic mass is 16.3. The smallest absolute Gasteiger partial charge is 0.253 e. The number of aromatic nitrogens is 1. The monoisotopic (exact) mass is 182 g/mol. The van der Waals surface area contributed by atoms with Crippen molar-refractivity contribution in [2.45, 2.75) is 13.0 Å². The van der Waals surface area contributed by atoms with E-state index >= 15 is 0 Å². The molecule has 5 heteroatoms.